The largest absolute Gasteiger partial charge is 0.489 e. The molecule has 124 valence electrons. The highest BCUT2D eigenvalue weighted by molar-refractivity contribution is 6.31. The minimum absolute atomic E-state index is 0.0205. The molecule has 0 aliphatic carbocycles. The maximum atomic E-state index is 13.7. The van der Waals surface area contributed by atoms with Gasteiger partial charge in [0.15, 0.2) is 0 Å². The normalized spacial score (nSPS) is 12.7. The van der Waals surface area contributed by atoms with Crippen LogP contribution >= 0.6 is 11.6 Å². The van der Waals surface area contributed by atoms with E-state index in [-0.39, 0.29) is 18.1 Å². The van der Waals surface area contributed by atoms with Gasteiger partial charge in [0.05, 0.1) is 5.02 Å². The molecule has 5 heteroatoms. The fraction of sp³-hybridized carbons (Fsp3) is 0.333. The molecule has 0 bridgehead atoms. The van der Waals surface area contributed by atoms with Crippen LogP contribution in [0.15, 0.2) is 42.5 Å². The molecule has 0 unspecified atom stereocenters. The second kappa shape index (κ2) is 7.73. The first-order chi connectivity index (χ1) is 10.9. The van der Waals surface area contributed by atoms with Gasteiger partial charge in [-0.1, -0.05) is 43.6 Å². The zero-order chi connectivity index (χ0) is 17.0. The van der Waals surface area contributed by atoms with Crippen molar-refractivity contribution in [3.63, 3.8) is 0 Å². The van der Waals surface area contributed by atoms with E-state index in [1.807, 2.05) is 0 Å². The molecule has 0 saturated carbocycles. The molecule has 0 N–H and O–H groups in total. The highest BCUT2D eigenvalue weighted by atomic mass is 35.5. The molecule has 0 aromatic heterocycles. The van der Waals surface area contributed by atoms with Crippen molar-refractivity contribution in [2.45, 2.75) is 32.8 Å². The van der Waals surface area contributed by atoms with Crippen molar-refractivity contribution in [2.24, 2.45) is 5.92 Å². The smallest absolute Gasteiger partial charge is 0.245 e. The third kappa shape index (κ3) is 4.41. The Morgan fingerprint density at radius 2 is 1.70 bits per heavy atom. The van der Waals surface area contributed by atoms with Crippen molar-refractivity contribution in [1.82, 2.24) is 0 Å². The van der Waals surface area contributed by atoms with Gasteiger partial charge in [0, 0.05) is 11.5 Å². The van der Waals surface area contributed by atoms with Crippen LogP contribution in [0.2, 0.25) is 5.02 Å². The Labute approximate surface area is 139 Å². The molecule has 23 heavy (non-hydrogen) atoms. The lowest BCUT2D eigenvalue weighted by Crippen LogP contribution is -2.15. The summed E-state index contributed by atoms with van der Waals surface area (Å²) in [7, 11) is 0. The molecule has 1 atom stereocenters. The summed E-state index contributed by atoms with van der Waals surface area (Å²) in [6.45, 7) is 3.51. The fourth-order valence-corrected chi connectivity index (χ4v) is 2.65. The summed E-state index contributed by atoms with van der Waals surface area (Å²) >= 11 is 5.93. The predicted octanol–water partition coefficient (Wildman–Crippen LogP) is 6.06. The van der Waals surface area contributed by atoms with Gasteiger partial charge in [0.25, 0.3) is 0 Å². The molecule has 1 nitrogen and oxygen atoms in total. The first-order valence-corrected chi connectivity index (χ1v) is 7.71. The average molecular weight is 343 g/mol. The topological polar surface area (TPSA) is 9.23 Å². The van der Waals surface area contributed by atoms with Crippen LogP contribution in [0.1, 0.15) is 30.9 Å². The second-order valence-electron chi connectivity index (χ2n) is 5.66. The fourth-order valence-electron chi connectivity index (χ4n) is 2.43. The van der Waals surface area contributed by atoms with E-state index in [9.17, 15) is 13.2 Å². The van der Waals surface area contributed by atoms with Gasteiger partial charge in [-0.3, -0.25) is 0 Å². The minimum Gasteiger partial charge on any atom is -0.489 e. The number of hydrogen-bond donors (Lipinski definition) is 0. The lowest BCUT2D eigenvalue weighted by atomic mass is 9.89. The Balaban J connectivity index is 2.08. The van der Waals surface area contributed by atoms with E-state index >= 15 is 0 Å². The molecule has 2 rings (SSSR count). The van der Waals surface area contributed by atoms with E-state index in [2.05, 4.69) is 0 Å². The maximum absolute atomic E-state index is 13.7. The molecule has 0 aliphatic rings. The molecule has 0 amide bonds. The molecule has 2 aromatic rings. The molecular weight excluding hydrogens is 325 g/mol. The highest BCUT2D eigenvalue weighted by Gasteiger charge is 2.25. The van der Waals surface area contributed by atoms with Crippen LogP contribution in [0, 0.1) is 11.7 Å². The molecule has 0 heterocycles. The Hall–Kier alpha value is -1.68. The summed E-state index contributed by atoms with van der Waals surface area (Å²) in [5.74, 6) is -0.944. The first-order valence-electron chi connectivity index (χ1n) is 7.34. The Bertz CT molecular complexity index is 613. The van der Waals surface area contributed by atoms with Gasteiger partial charge in [-0.05, 0) is 35.7 Å². The van der Waals surface area contributed by atoms with Crippen molar-refractivity contribution >= 4 is 11.6 Å². The lowest BCUT2D eigenvalue weighted by molar-refractivity contribution is 0.0934. The number of halogens is 4. The summed E-state index contributed by atoms with van der Waals surface area (Å²) < 4.78 is 45.4. The van der Waals surface area contributed by atoms with E-state index < -0.39 is 18.2 Å². The third-order valence-electron chi connectivity index (χ3n) is 3.70. The maximum Gasteiger partial charge on any atom is 0.245 e. The van der Waals surface area contributed by atoms with Crippen molar-refractivity contribution in [2.75, 3.05) is 0 Å². The van der Waals surface area contributed by atoms with Gasteiger partial charge in [0.1, 0.15) is 18.2 Å². The SMILES string of the molecule is CC(C)[C@H](c1ccc(OCc2c(F)cccc2Cl)cc1)C(F)F. The lowest BCUT2D eigenvalue weighted by Gasteiger charge is -2.20. The van der Waals surface area contributed by atoms with Gasteiger partial charge in [0.2, 0.25) is 6.43 Å². The van der Waals surface area contributed by atoms with Gasteiger partial charge in [-0.25, -0.2) is 13.2 Å². The van der Waals surface area contributed by atoms with E-state index in [4.69, 9.17) is 16.3 Å². The number of ether oxygens (including phenoxy) is 1. The van der Waals surface area contributed by atoms with Crippen molar-refractivity contribution < 1.29 is 17.9 Å². The van der Waals surface area contributed by atoms with E-state index in [1.54, 1.807) is 44.2 Å². The number of hydrogen-bond acceptors (Lipinski definition) is 1. The number of benzene rings is 2. The minimum atomic E-state index is -2.42. The van der Waals surface area contributed by atoms with Crippen molar-refractivity contribution in [3.05, 3.63) is 64.4 Å². The Morgan fingerprint density at radius 3 is 2.22 bits per heavy atom. The summed E-state index contributed by atoms with van der Waals surface area (Å²) in [6.07, 6.45) is -2.42. The zero-order valence-electron chi connectivity index (χ0n) is 12.9. The quantitative estimate of drug-likeness (QED) is 0.619. The Morgan fingerprint density at radius 1 is 1.04 bits per heavy atom. The predicted molar refractivity (Wildman–Crippen MR) is 85.8 cm³/mol. The Kier molecular flexibility index (Phi) is 5.94. The van der Waals surface area contributed by atoms with Gasteiger partial charge in [-0.15, -0.1) is 0 Å². The monoisotopic (exact) mass is 342 g/mol. The van der Waals surface area contributed by atoms with Crippen LogP contribution in [-0.2, 0) is 6.61 Å². The molecule has 0 saturated heterocycles. The summed E-state index contributed by atoms with van der Waals surface area (Å²) in [4.78, 5) is 0. The first kappa shape index (κ1) is 17.7. The van der Waals surface area contributed by atoms with Crippen LogP contribution in [-0.4, -0.2) is 6.43 Å². The van der Waals surface area contributed by atoms with Crippen LogP contribution in [0.3, 0.4) is 0 Å². The average Bonchev–Trinajstić information content (AvgIpc) is 2.47. The van der Waals surface area contributed by atoms with Gasteiger partial charge in [-0.2, -0.15) is 0 Å². The van der Waals surface area contributed by atoms with E-state index in [0.29, 0.717) is 16.3 Å². The van der Waals surface area contributed by atoms with Crippen LogP contribution in [0.5, 0.6) is 5.75 Å². The standard InChI is InChI=1S/C18H18ClF3O/c1-11(2)17(18(21)22)12-6-8-13(9-7-12)23-10-14-15(19)4-3-5-16(14)20/h3-9,11,17-18H,10H2,1-2H3/t17-/m1/s1. The highest BCUT2D eigenvalue weighted by Crippen LogP contribution is 2.32. The molecule has 0 spiro atoms. The van der Waals surface area contributed by atoms with Crippen LogP contribution in [0.25, 0.3) is 0 Å². The third-order valence-corrected chi connectivity index (χ3v) is 4.05. The molecule has 0 radical (unpaired) electrons. The molecule has 2 aromatic carbocycles. The number of rotatable bonds is 6. The summed E-state index contributed by atoms with van der Waals surface area (Å²) in [5.41, 5.74) is 0.831. The van der Waals surface area contributed by atoms with Gasteiger partial charge >= 0.3 is 0 Å². The zero-order valence-corrected chi connectivity index (χ0v) is 13.7. The van der Waals surface area contributed by atoms with Crippen LogP contribution < -0.4 is 4.74 Å². The second-order valence-corrected chi connectivity index (χ2v) is 6.07. The molecule has 0 aliphatic heterocycles. The van der Waals surface area contributed by atoms with E-state index in [0.717, 1.165) is 0 Å². The molecule has 0 fully saturated rings. The van der Waals surface area contributed by atoms with Crippen molar-refractivity contribution in [1.29, 1.82) is 0 Å². The van der Waals surface area contributed by atoms with Crippen molar-refractivity contribution in [3.8, 4) is 5.75 Å². The summed E-state index contributed by atoms with van der Waals surface area (Å²) in [6, 6.07) is 10.9. The van der Waals surface area contributed by atoms with Crippen LogP contribution in [0.4, 0.5) is 13.2 Å². The molecular formula is C18H18ClF3O. The summed E-state index contributed by atoms with van der Waals surface area (Å²) in [5, 5.41) is 0.291. The van der Waals surface area contributed by atoms with Gasteiger partial charge < -0.3 is 4.74 Å². The number of alkyl halides is 2. The van der Waals surface area contributed by atoms with E-state index in [1.165, 1.54) is 12.1 Å².